The van der Waals surface area contributed by atoms with E-state index >= 15 is 0 Å². The molecule has 0 unspecified atom stereocenters. The van der Waals surface area contributed by atoms with E-state index in [4.69, 9.17) is 23.1 Å². The van der Waals surface area contributed by atoms with E-state index in [1.165, 1.54) is 18.6 Å². The Labute approximate surface area is 142 Å². The number of carbonyl (C=O) groups is 2. The van der Waals surface area contributed by atoms with Crippen molar-refractivity contribution in [3.63, 3.8) is 0 Å². The molecular weight excluding hydrogens is 334 g/mol. The molecule has 0 aromatic carbocycles. The molecule has 0 fully saturated rings. The summed E-state index contributed by atoms with van der Waals surface area (Å²) in [6, 6.07) is 0.985. The number of amides is 2. The third kappa shape index (κ3) is 4.29. The van der Waals surface area contributed by atoms with Gasteiger partial charge in [0.15, 0.2) is 11.5 Å². The molecule has 0 aliphatic heterocycles. The predicted octanol–water partition coefficient (Wildman–Crippen LogP) is 1.04. The maximum Gasteiger partial charge on any atom is 0.271 e. The van der Waals surface area contributed by atoms with Crippen LogP contribution in [-0.2, 0) is 4.79 Å². The molecule has 9 nitrogen and oxygen atoms in total. The largest absolute Gasteiger partial charge is 0.368 e. The maximum atomic E-state index is 11.5. The highest BCUT2D eigenvalue weighted by Gasteiger charge is 2.17. The molecule has 24 heavy (non-hydrogen) atoms. The minimum Gasteiger partial charge on any atom is -0.368 e. The number of anilines is 3. The summed E-state index contributed by atoms with van der Waals surface area (Å²) in [5.74, 6) is -0.903. The lowest BCUT2D eigenvalue weighted by Crippen LogP contribution is -2.35. The predicted molar refractivity (Wildman–Crippen MR) is 90.0 cm³/mol. The van der Waals surface area contributed by atoms with Crippen molar-refractivity contribution in [2.24, 2.45) is 11.5 Å². The van der Waals surface area contributed by atoms with E-state index in [0.717, 1.165) is 0 Å². The molecule has 2 amide bonds. The van der Waals surface area contributed by atoms with Gasteiger partial charge in [0.05, 0.1) is 23.1 Å². The smallest absolute Gasteiger partial charge is 0.271 e. The molecule has 2 rings (SSSR count). The highest BCUT2D eigenvalue weighted by atomic mass is 35.5. The Hall–Kier alpha value is -2.94. The van der Waals surface area contributed by atoms with Gasteiger partial charge in [-0.05, 0) is 12.5 Å². The molecule has 2 aromatic heterocycles. The second-order valence-electron chi connectivity index (χ2n) is 4.84. The topological polar surface area (TPSA) is 149 Å². The van der Waals surface area contributed by atoms with Crippen molar-refractivity contribution < 1.29 is 9.59 Å². The summed E-state index contributed by atoms with van der Waals surface area (Å²) in [5.41, 5.74) is 11.0. The van der Waals surface area contributed by atoms with Crippen LogP contribution in [0, 0.1) is 0 Å². The van der Waals surface area contributed by atoms with E-state index < -0.39 is 17.9 Å². The van der Waals surface area contributed by atoms with Crippen molar-refractivity contribution in [3.8, 4) is 0 Å². The summed E-state index contributed by atoms with van der Waals surface area (Å²) < 4.78 is 0. The van der Waals surface area contributed by atoms with Crippen LogP contribution < -0.4 is 22.1 Å². The minimum atomic E-state index is -0.756. The molecule has 0 bridgehead atoms. The van der Waals surface area contributed by atoms with Gasteiger partial charge < -0.3 is 22.1 Å². The van der Waals surface area contributed by atoms with Crippen LogP contribution in [0.3, 0.4) is 0 Å². The van der Waals surface area contributed by atoms with E-state index in [1.54, 1.807) is 13.0 Å². The molecule has 1 atom stereocenters. The average Bonchev–Trinajstić information content (AvgIpc) is 2.52. The number of hydrogen-bond donors (Lipinski definition) is 4. The summed E-state index contributed by atoms with van der Waals surface area (Å²) in [7, 11) is 0. The van der Waals surface area contributed by atoms with E-state index in [9.17, 15) is 9.59 Å². The third-order valence-electron chi connectivity index (χ3n) is 3.05. The standard InChI is InChI=1S/C14H16ClN7O2/c1-2-9(12(16)23)21-10-6-19-11(13(17)24)14(22-10)20-8-3-7(15)4-18-5-8/h3-6,9H,2H2,1H3,(H2,16,23)(H2,17,24)(H2,20,21,22)/t9-/m1/s1. The van der Waals surface area contributed by atoms with Gasteiger partial charge in [-0.2, -0.15) is 0 Å². The Morgan fingerprint density at radius 3 is 2.62 bits per heavy atom. The van der Waals surface area contributed by atoms with Gasteiger partial charge in [-0.1, -0.05) is 18.5 Å². The van der Waals surface area contributed by atoms with Gasteiger partial charge in [-0.25, -0.2) is 9.97 Å². The fraction of sp³-hybridized carbons (Fsp3) is 0.214. The molecule has 2 aromatic rings. The normalized spacial score (nSPS) is 11.6. The number of rotatable bonds is 7. The molecule has 2 heterocycles. The van der Waals surface area contributed by atoms with Gasteiger partial charge >= 0.3 is 0 Å². The van der Waals surface area contributed by atoms with E-state index in [0.29, 0.717) is 17.1 Å². The number of primary amides is 2. The van der Waals surface area contributed by atoms with Crippen LogP contribution in [0.2, 0.25) is 5.02 Å². The van der Waals surface area contributed by atoms with Crippen molar-refractivity contribution in [2.75, 3.05) is 10.6 Å². The van der Waals surface area contributed by atoms with Crippen LogP contribution in [-0.4, -0.2) is 32.8 Å². The Bertz CT molecular complexity index is 769. The fourth-order valence-electron chi connectivity index (χ4n) is 1.90. The first-order chi connectivity index (χ1) is 11.4. The van der Waals surface area contributed by atoms with E-state index in [1.807, 2.05) is 0 Å². The van der Waals surface area contributed by atoms with Crippen LogP contribution in [0.4, 0.5) is 17.3 Å². The highest BCUT2D eigenvalue weighted by Crippen LogP contribution is 2.21. The Morgan fingerprint density at radius 1 is 1.29 bits per heavy atom. The number of nitrogens with zero attached hydrogens (tertiary/aromatic N) is 3. The van der Waals surface area contributed by atoms with Crippen molar-refractivity contribution in [1.82, 2.24) is 15.0 Å². The molecule has 0 aliphatic carbocycles. The number of nitrogens with one attached hydrogen (secondary N) is 2. The van der Waals surface area contributed by atoms with Crippen LogP contribution in [0.15, 0.2) is 24.7 Å². The molecule has 0 radical (unpaired) electrons. The second-order valence-corrected chi connectivity index (χ2v) is 5.28. The number of carbonyl (C=O) groups excluding carboxylic acids is 2. The lowest BCUT2D eigenvalue weighted by atomic mass is 10.2. The zero-order valence-corrected chi connectivity index (χ0v) is 13.5. The van der Waals surface area contributed by atoms with Gasteiger partial charge in [0.25, 0.3) is 5.91 Å². The maximum absolute atomic E-state index is 11.5. The van der Waals surface area contributed by atoms with Crippen molar-refractivity contribution in [1.29, 1.82) is 0 Å². The Balaban J connectivity index is 2.34. The summed E-state index contributed by atoms with van der Waals surface area (Å²) in [4.78, 5) is 35.0. The molecule has 0 spiro atoms. The van der Waals surface area contributed by atoms with E-state index in [-0.39, 0.29) is 17.3 Å². The molecule has 0 saturated carbocycles. The zero-order chi connectivity index (χ0) is 17.7. The lowest BCUT2D eigenvalue weighted by Gasteiger charge is -2.15. The number of halogens is 1. The Kier molecular flexibility index (Phi) is 5.48. The highest BCUT2D eigenvalue weighted by molar-refractivity contribution is 6.30. The molecule has 126 valence electrons. The van der Waals surface area contributed by atoms with E-state index in [2.05, 4.69) is 25.6 Å². The van der Waals surface area contributed by atoms with Crippen LogP contribution in [0.1, 0.15) is 23.8 Å². The Morgan fingerprint density at radius 2 is 2.04 bits per heavy atom. The second kappa shape index (κ2) is 7.55. The monoisotopic (exact) mass is 349 g/mol. The first-order valence-corrected chi connectivity index (χ1v) is 7.38. The molecule has 0 saturated heterocycles. The van der Waals surface area contributed by atoms with Crippen molar-refractivity contribution in [2.45, 2.75) is 19.4 Å². The number of nitrogens with two attached hydrogens (primary N) is 2. The van der Waals surface area contributed by atoms with Crippen LogP contribution in [0.25, 0.3) is 0 Å². The fourth-order valence-corrected chi connectivity index (χ4v) is 2.07. The molecule has 6 N–H and O–H groups in total. The van der Waals surface area contributed by atoms with Gasteiger partial charge in [-0.15, -0.1) is 0 Å². The SMILES string of the molecule is CC[C@@H](Nc1cnc(C(N)=O)c(Nc2cncc(Cl)c2)n1)C(N)=O. The lowest BCUT2D eigenvalue weighted by molar-refractivity contribution is -0.118. The summed E-state index contributed by atoms with van der Waals surface area (Å²) in [6.07, 6.45) is 4.73. The van der Waals surface area contributed by atoms with Gasteiger partial charge in [-0.3, -0.25) is 14.6 Å². The first kappa shape index (κ1) is 17.4. The summed E-state index contributed by atoms with van der Waals surface area (Å²) in [6.45, 7) is 1.80. The zero-order valence-electron chi connectivity index (χ0n) is 12.8. The quantitative estimate of drug-likeness (QED) is 0.583. The van der Waals surface area contributed by atoms with Crippen molar-refractivity contribution in [3.05, 3.63) is 35.4 Å². The average molecular weight is 350 g/mol. The number of aromatic nitrogens is 3. The van der Waals surface area contributed by atoms with Gasteiger partial charge in [0.1, 0.15) is 11.9 Å². The van der Waals surface area contributed by atoms with Gasteiger partial charge in [0, 0.05) is 6.20 Å². The number of pyridine rings is 1. The summed E-state index contributed by atoms with van der Waals surface area (Å²) >= 11 is 5.87. The molecule has 0 aliphatic rings. The molecule has 10 heteroatoms. The van der Waals surface area contributed by atoms with Crippen LogP contribution in [0.5, 0.6) is 0 Å². The molecular formula is C14H16ClN7O2. The van der Waals surface area contributed by atoms with Crippen LogP contribution >= 0.6 is 11.6 Å². The summed E-state index contributed by atoms with van der Waals surface area (Å²) in [5, 5.41) is 6.13. The number of hydrogen-bond acceptors (Lipinski definition) is 7. The first-order valence-electron chi connectivity index (χ1n) is 7.01. The van der Waals surface area contributed by atoms with Gasteiger partial charge in [0.2, 0.25) is 5.91 Å². The minimum absolute atomic E-state index is 0.0624. The van der Waals surface area contributed by atoms with Crippen molar-refractivity contribution >= 4 is 40.7 Å². The third-order valence-corrected chi connectivity index (χ3v) is 3.25.